The number of aromatic nitrogens is 2. The summed E-state index contributed by atoms with van der Waals surface area (Å²) in [4.78, 5) is 12.5. The molecule has 0 bridgehead atoms. The molecule has 1 unspecified atom stereocenters. The van der Waals surface area contributed by atoms with E-state index < -0.39 is 22.8 Å². The molecule has 3 heterocycles. The Morgan fingerprint density at radius 1 is 1.08 bits per heavy atom. The van der Waals surface area contributed by atoms with Crippen molar-refractivity contribution < 1.29 is 14.0 Å². The number of halogens is 1. The first-order chi connectivity index (χ1) is 17.2. The summed E-state index contributed by atoms with van der Waals surface area (Å²) in [5.74, 6) is 1.81. The minimum atomic E-state index is -1.21. The topological polar surface area (TPSA) is 84.3 Å². The predicted octanol–water partition coefficient (Wildman–Crippen LogP) is 4.90. The second kappa shape index (κ2) is 10.00. The number of nitrogens with one attached hydrogen (secondary N) is 1. The Morgan fingerprint density at radius 3 is 2.39 bits per heavy atom. The van der Waals surface area contributed by atoms with Gasteiger partial charge in [0.15, 0.2) is 5.82 Å². The van der Waals surface area contributed by atoms with Crippen molar-refractivity contribution in [3.8, 4) is 0 Å². The molecule has 36 heavy (non-hydrogen) atoms. The molecular weight excluding hydrogens is 475 g/mol. The zero-order chi connectivity index (χ0) is 25.4. The van der Waals surface area contributed by atoms with Crippen LogP contribution < -0.4 is 10.2 Å². The Bertz CT molecular complexity index is 1210. The Kier molecular flexibility index (Phi) is 6.94. The van der Waals surface area contributed by atoms with Crippen LogP contribution in [0.15, 0.2) is 53.4 Å². The number of anilines is 2. The first-order valence-corrected chi connectivity index (χ1v) is 13.9. The molecular formula is C28H33FN4O2S. The van der Waals surface area contributed by atoms with Crippen molar-refractivity contribution in [3.05, 3.63) is 76.7 Å². The minimum Gasteiger partial charge on any atom is -0.611 e. The number of aliphatic hydroxyl groups is 1. The fraction of sp³-hybridized carbons (Fsp3) is 0.429. The SMILES string of the molecule is Cc1ccc(C2CCN(c3nc4c(c(N[C@H](c5ccc(F)cc5)C(C)(C)O)n3)[S+]([O-])CC4)CC2)cc1. The second-order valence-corrected chi connectivity index (χ2v) is 11.9. The molecule has 2 aliphatic rings. The van der Waals surface area contributed by atoms with Gasteiger partial charge in [0.2, 0.25) is 10.8 Å². The van der Waals surface area contributed by atoms with Gasteiger partial charge in [0.25, 0.3) is 0 Å². The van der Waals surface area contributed by atoms with Gasteiger partial charge in [-0.25, -0.2) is 9.37 Å². The number of hydrogen-bond donors (Lipinski definition) is 2. The van der Waals surface area contributed by atoms with Crippen LogP contribution in [0.4, 0.5) is 16.2 Å². The van der Waals surface area contributed by atoms with Crippen LogP contribution in [-0.2, 0) is 17.6 Å². The van der Waals surface area contributed by atoms with Crippen LogP contribution in [0.5, 0.6) is 0 Å². The van der Waals surface area contributed by atoms with Crippen molar-refractivity contribution in [2.75, 3.05) is 29.1 Å². The summed E-state index contributed by atoms with van der Waals surface area (Å²) in [7, 11) is 0. The van der Waals surface area contributed by atoms with Crippen molar-refractivity contribution in [2.24, 2.45) is 0 Å². The third-order valence-electron chi connectivity index (χ3n) is 7.19. The summed E-state index contributed by atoms with van der Waals surface area (Å²) in [6.07, 6.45) is 2.66. The molecule has 6 nitrogen and oxygen atoms in total. The first-order valence-electron chi connectivity index (χ1n) is 12.5. The van der Waals surface area contributed by atoms with E-state index in [2.05, 4.69) is 41.4 Å². The zero-order valence-electron chi connectivity index (χ0n) is 21.0. The van der Waals surface area contributed by atoms with Crippen molar-refractivity contribution in [3.63, 3.8) is 0 Å². The molecule has 1 aromatic heterocycles. The van der Waals surface area contributed by atoms with Crippen molar-refractivity contribution in [1.29, 1.82) is 0 Å². The van der Waals surface area contributed by atoms with E-state index in [1.807, 2.05) is 0 Å². The third-order valence-corrected chi connectivity index (χ3v) is 8.65. The summed E-state index contributed by atoms with van der Waals surface area (Å²) in [5, 5.41) is 14.3. The largest absolute Gasteiger partial charge is 0.611 e. The molecule has 1 fully saturated rings. The Morgan fingerprint density at radius 2 is 1.75 bits per heavy atom. The lowest BCUT2D eigenvalue weighted by atomic mass is 9.89. The lowest BCUT2D eigenvalue weighted by Crippen LogP contribution is -2.36. The fourth-order valence-electron chi connectivity index (χ4n) is 5.13. The van der Waals surface area contributed by atoms with Crippen LogP contribution in [0.3, 0.4) is 0 Å². The monoisotopic (exact) mass is 508 g/mol. The van der Waals surface area contributed by atoms with Crippen LogP contribution in [0.2, 0.25) is 0 Å². The Labute approximate surface area is 215 Å². The van der Waals surface area contributed by atoms with E-state index >= 15 is 0 Å². The van der Waals surface area contributed by atoms with Gasteiger partial charge in [-0.15, -0.1) is 0 Å². The molecule has 0 amide bonds. The number of rotatable bonds is 6. The quantitative estimate of drug-likeness (QED) is 0.461. The van der Waals surface area contributed by atoms with Crippen molar-refractivity contribution in [2.45, 2.75) is 62.5 Å². The molecule has 190 valence electrons. The molecule has 2 aromatic carbocycles. The summed E-state index contributed by atoms with van der Waals surface area (Å²) in [6, 6.07) is 14.3. The number of piperidine rings is 1. The summed E-state index contributed by atoms with van der Waals surface area (Å²) < 4.78 is 26.4. The zero-order valence-corrected chi connectivity index (χ0v) is 21.8. The highest BCUT2D eigenvalue weighted by molar-refractivity contribution is 7.91. The Balaban J connectivity index is 1.42. The average molecular weight is 509 g/mol. The molecule has 1 saturated heterocycles. The van der Waals surface area contributed by atoms with Gasteiger partial charge in [-0.05, 0) is 74.0 Å². The van der Waals surface area contributed by atoms with Gasteiger partial charge in [-0.1, -0.05) is 42.0 Å². The molecule has 0 saturated carbocycles. The normalized spacial score (nSPS) is 19.3. The maximum absolute atomic E-state index is 13.6. The highest BCUT2D eigenvalue weighted by Gasteiger charge is 2.37. The summed E-state index contributed by atoms with van der Waals surface area (Å²) >= 11 is -1.21. The number of aryl methyl sites for hydroxylation is 2. The maximum atomic E-state index is 13.6. The summed E-state index contributed by atoms with van der Waals surface area (Å²) in [5.41, 5.74) is 2.99. The van der Waals surface area contributed by atoms with Gasteiger partial charge in [0, 0.05) is 19.5 Å². The molecule has 2 atom stereocenters. The van der Waals surface area contributed by atoms with E-state index in [4.69, 9.17) is 9.97 Å². The van der Waals surface area contributed by atoms with Crippen LogP contribution in [0, 0.1) is 12.7 Å². The maximum Gasteiger partial charge on any atom is 0.227 e. The first kappa shape index (κ1) is 25.0. The lowest BCUT2D eigenvalue weighted by molar-refractivity contribution is 0.0586. The molecule has 3 aromatic rings. The number of nitrogens with zero attached hydrogens (tertiary/aromatic N) is 3. The predicted molar refractivity (Wildman–Crippen MR) is 141 cm³/mol. The molecule has 0 radical (unpaired) electrons. The summed E-state index contributed by atoms with van der Waals surface area (Å²) in [6.45, 7) is 7.18. The van der Waals surface area contributed by atoms with Gasteiger partial charge in [0.05, 0.1) is 11.6 Å². The van der Waals surface area contributed by atoms with Gasteiger partial charge in [-0.3, -0.25) is 0 Å². The van der Waals surface area contributed by atoms with Gasteiger partial charge in [-0.2, -0.15) is 4.98 Å². The van der Waals surface area contributed by atoms with Crippen LogP contribution >= 0.6 is 0 Å². The van der Waals surface area contributed by atoms with Crippen LogP contribution in [0.1, 0.15) is 61.0 Å². The van der Waals surface area contributed by atoms with Crippen LogP contribution in [-0.4, -0.2) is 44.1 Å². The van der Waals surface area contributed by atoms with E-state index in [-0.39, 0.29) is 5.82 Å². The van der Waals surface area contributed by atoms with E-state index in [0.29, 0.717) is 34.8 Å². The molecule has 8 heteroatoms. The molecule has 2 N–H and O–H groups in total. The highest BCUT2D eigenvalue weighted by atomic mass is 32.2. The van der Waals surface area contributed by atoms with E-state index in [0.717, 1.165) is 37.2 Å². The van der Waals surface area contributed by atoms with Crippen molar-refractivity contribution in [1.82, 2.24) is 9.97 Å². The second-order valence-electron chi connectivity index (χ2n) is 10.4. The molecule has 5 rings (SSSR count). The van der Waals surface area contributed by atoms with Crippen molar-refractivity contribution >= 4 is 22.9 Å². The fourth-order valence-corrected chi connectivity index (χ4v) is 6.45. The van der Waals surface area contributed by atoms with E-state index in [1.54, 1.807) is 26.0 Å². The Hall–Kier alpha value is -2.68. The molecule has 0 aliphatic carbocycles. The average Bonchev–Trinajstić information content (AvgIpc) is 3.24. The number of hydrogen-bond acceptors (Lipinski definition) is 6. The van der Waals surface area contributed by atoms with E-state index in [1.165, 1.54) is 23.3 Å². The number of fused-ring (bicyclic) bond motifs is 1. The smallest absolute Gasteiger partial charge is 0.227 e. The number of benzene rings is 2. The lowest BCUT2D eigenvalue weighted by Gasteiger charge is -2.34. The van der Waals surface area contributed by atoms with Gasteiger partial charge in [0.1, 0.15) is 17.3 Å². The standard InChI is InChI=1S/C28H33FN4O2S/c1-18-4-6-19(7-5-18)20-12-15-33(16-13-20)27-30-23-14-17-36(35)24(23)26(32-27)31-25(28(2,3)34)21-8-10-22(29)11-9-21/h4-11,20,25,34H,12-17H2,1-3H3,(H,30,31,32)/t25-,36?/m1/s1. The highest BCUT2D eigenvalue weighted by Crippen LogP contribution is 2.38. The van der Waals surface area contributed by atoms with Gasteiger partial charge < -0.3 is 19.9 Å². The van der Waals surface area contributed by atoms with Crippen LogP contribution in [0.25, 0.3) is 0 Å². The van der Waals surface area contributed by atoms with Gasteiger partial charge >= 0.3 is 0 Å². The third kappa shape index (κ3) is 5.21. The van der Waals surface area contributed by atoms with E-state index in [9.17, 15) is 14.0 Å². The molecule has 0 spiro atoms. The minimum absolute atomic E-state index is 0.339. The molecule has 2 aliphatic heterocycles.